The summed E-state index contributed by atoms with van der Waals surface area (Å²) in [6.45, 7) is 10.0. The Hall–Kier alpha value is -1.31. The minimum atomic E-state index is 0.0791. The van der Waals surface area contributed by atoms with Crippen molar-refractivity contribution in [2.24, 2.45) is 5.41 Å². The number of carbonyl (C=O) groups is 1. The topological polar surface area (TPSA) is 26.3 Å². The summed E-state index contributed by atoms with van der Waals surface area (Å²) in [4.78, 5) is 11.1. The first-order valence-corrected chi connectivity index (χ1v) is 5.58. The molecule has 0 saturated carbocycles. The number of ketones is 1. The number of carbonyl (C=O) groups excluding carboxylic acids is 1. The third kappa shape index (κ3) is 3.37. The summed E-state index contributed by atoms with van der Waals surface area (Å²) in [6.07, 6.45) is 0.135. The van der Waals surface area contributed by atoms with E-state index in [1.54, 1.807) is 19.1 Å². The van der Waals surface area contributed by atoms with E-state index < -0.39 is 0 Å². The molecular weight excluding hydrogens is 200 g/mol. The van der Waals surface area contributed by atoms with Crippen LogP contribution >= 0.6 is 0 Å². The van der Waals surface area contributed by atoms with Crippen molar-refractivity contribution in [2.45, 2.75) is 40.7 Å². The lowest BCUT2D eigenvalue weighted by atomic mass is 9.90. The Morgan fingerprint density at radius 1 is 1.19 bits per heavy atom. The molecule has 0 amide bonds. The molecule has 0 fully saturated rings. The van der Waals surface area contributed by atoms with E-state index in [2.05, 4.69) is 27.7 Å². The summed E-state index contributed by atoms with van der Waals surface area (Å²) in [5.41, 5.74) is 0.829. The van der Waals surface area contributed by atoms with E-state index >= 15 is 0 Å². The Kier molecular flexibility index (Phi) is 3.74. The van der Waals surface area contributed by atoms with Crippen LogP contribution in [0.5, 0.6) is 5.75 Å². The molecule has 1 atom stereocenters. The summed E-state index contributed by atoms with van der Waals surface area (Å²) in [6, 6.07) is 7.29. The number of Topliss-reactive ketones (excluding diaryl/α,β-unsaturated/α-hetero) is 1. The number of benzene rings is 1. The van der Waals surface area contributed by atoms with Crippen LogP contribution < -0.4 is 4.74 Å². The highest BCUT2D eigenvalue weighted by atomic mass is 16.5. The molecule has 0 bridgehead atoms. The lowest BCUT2D eigenvalue weighted by molar-refractivity contribution is 0.101. The molecule has 0 N–H and O–H groups in total. The van der Waals surface area contributed by atoms with Gasteiger partial charge in [-0.05, 0) is 43.5 Å². The molecule has 16 heavy (non-hydrogen) atoms. The molecule has 1 unspecified atom stereocenters. The number of ether oxygens (including phenoxy) is 1. The van der Waals surface area contributed by atoms with Crippen molar-refractivity contribution in [1.82, 2.24) is 0 Å². The van der Waals surface area contributed by atoms with Crippen LogP contribution in [0.3, 0.4) is 0 Å². The minimum absolute atomic E-state index is 0.0791. The van der Waals surface area contributed by atoms with Crippen LogP contribution in [0.25, 0.3) is 0 Å². The third-order valence-electron chi connectivity index (χ3n) is 2.79. The minimum Gasteiger partial charge on any atom is -0.490 e. The molecule has 88 valence electrons. The van der Waals surface area contributed by atoms with Crippen molar-refractivity contribution in [3.8, 4) is 5.75 Å². The molecule has 2 heteroatoms. The largest absolute Gasteiger partial charge is 0.490 e. The van der Waals surface area contributed by atoms with Gasteiger partial charge in [-0.25, -0.2) is 0 Å². The zero-order valence-corrected chi connectivity index (χ0v) is 10.7. The van der Waals surface area contributed by atoms with Crippen LogP contribution in [0, 0.1) is 5.41 Å². The molecule has 0 aliphatic rings. The van der Waals surface area contributed by atoms with Gasteiger partial charge in [0.15, 0.2) is 5.78 Å². The Labute approximate surface area is 97.6 Å². The van der Waals surface area contributed by atoms with E-state index in [1.165, 1.54) is 0 Å². The zero-order valence-electron chi connectivity index (χ0n) is 10.7. The maximum atomic E-state index is 11.1. The lowest BCUT2D eigenvalue weighted by Crippen LogP contribution is -2.28. The van der Waals surface area contributed by atoms with Crippen LogP contribution in [0.1, 0.15) is 45.0 Å². The lowest BCUT2D eigenvalue weighted by Gasteiger charge is -2.27. The van der Waals surface area contributed by atoms with E-state index in [1.807, 2.05) is 12.1 Å². The maximum Gasteiger partial charge on any atom is 0.159 e. The standard InChI is InChI=1S/C14H20O2/c1-10(15)12-6-8-13(9-7-12)16-11(2)14(3,4)5/h6-9,11H,1-5H3. The van der Waals surface area contributed by atoms with Crippen LogP contribution in [0.15, 0.2) is 24.3 Å². The Morgan fingerprint density at radius 2 is 1.69 bits per heavy atom. The number of hydrogen-bond donors (Lipinski definition) is 0. The fourth-order valence-corrected chi connectivity index (χ4v) is 1.15. The highest BCUT2D eigenvalue weighted by molar-refractivity contribution is 5.94. The molecule has 0 aliphatic carbocycles. The SMILES string of the molecule is CC(=O)c1ccc(OC(C)C(C)(C)C)cc1. The van der Waals surface area contributed by atoms with E-state index in [0.717, 1.165) is 11.3 Å². The molecular formula is C14H20O2. The van der Waals surface area contributed by atoms with Gasteiger partial charge < -0.3 is 4.74 Å². The molecule has 0 aromatic heterocycles. The van der Waals surface area contributed by atoms with Crippen molar-refractivity contribution >= 4 is 5.78 Å². The summed E-state index contributed by atoms with van der Waals surface area (Å²) >= 11 is 0. The van der Waals surface area contributed by atoms with Crippen LogP contribution in [0.2, 0.25) is 0 Å². The quantitative estimate of drug-likeness (QED) is 0.726. The van der Waals surface area contributed by atoms with E-state index in [4.69, 9.17) is 4.74 Å². The molecule has 1 aromatic rings. The summed E-state index contributed by atoms with van der Waals surface area (Å²) < 4.78 is 5.80. The molecule has 1 aromatic carbocycles. The average Bonchev–Trinajstić information content (AvgIpc) is 2.17. The van der Waals surface area contributed by atoms with Crippen molar-refractivity contribution < 1.29 is 9.53 Å². The smallest absolute Gasteiger partial charge is 0.159 e. The van der Waals surface area contributed by atoms with E-state index in [0.29, 0.717) is 0 Å². The zero-order chi connectivity index (χ0) is 12.3. The number of hydrogen-bond acceptors (Lipinski definition) is 2. The van der Waals surface area contributed by atoms with Crippen LogP contribution in [0.4, 0.5) is 0 Å². The fourth-order valence-electron chi connectivity index (χ4n) is 1.15. The molecule has 2 nitrogen and oxygen atoms in total. The van der Waals surface area contributed by atoms with Crippen molar-refractivity contribution in [2.75, 3.05) is 0 Å². The predicted octanol–water partition coefficient (Wildman–Crippen LogP) is 3.70. The second-order valence-electron chi connectivity index (χ2n) is 5.21. The molecule has 0 spiro atoms. The monoisotopic (exact) mass is 220 g/mol. The second-order valence-corrected chi connectivity index (χ2v) is 5.21. The average molecular weight is 220 g/mol. The van der Waals surface area contributed by atoms with Gasteiger partial charge in [0, 0.05) is 5.56 Å². The van der Waals surface area contributed by atoms with Gasteiger partial charge in [-0.3, -0.25) is 4.79 Å². The van der Waals surface area contributed by atoms with E-state index in [9.17, 15) is 4.79 Å². The summed E-state index contributed by atoms with van der Waals surface area (Å²) in [5, 5.41) is 0. The Morgan fingerprint density at radius 3 is 2.06 bits per heavy atom. The predicted molar refractivity (Wildman–Crippen MR) is 66.0 cm³/mol. The first-order valence-electron chi connectivity index (χ1n) is 5.58. The van der Waals surface area contributed by atoms with Crippen molar-refractivity contribution in [3.05, 3.63) is 29.8 Å². The third-order valence-corrected chi connectivity index (χ3v) is 2.79. The van der Waals surface area contributed by atoms with Crippen LogP contribution in [-0.2, 0) is 0 Å². The summed E-state index contributed by atoms with van der Waals surface area (Å²) in [5.74, 6) is 0.892. The van der Waals surface area contributed by atoms with Gasteiger partial charge in [-0.2, -0.15) is 0 Å². The molecule has 0 aliphatic heterocycles. The molecule has 1 rings (SSSR count). The van der Waals surface area contributed by atoms with Crippen molar-refractivity contribution in [3.63, 3.8) is 0 Å². The van der Waals surface area contributed by atoms with Crippen molar-refractivity contribution in [1.29, 1.82) is 0 Å². The van der Waals surface area contributed by atoms with Gasteiger partial charge in [-0.1, -0.05) is 20.8 Å². The molecule has 0 saturated heterocycles. The summed E-state index contributed by atoms with van der Waals surface area (Å²) in [7, 11) is 0. The van der Waals surface area contributed by atoms with Gasteiger partial charge >= 0.3 is 0 Å². The molecule has 0 radical (unpaired) electrons. The Bertz CT molecular complexity index is 357. The van der Waals surface area contributed by atoms with Gasteiger partial charge in [-0.15, -0.1) is 0 Å². The first kappa shape index (κ1) is 12.8. The highest BCUT2D eigenvalue weighted by Gasteiger charge is 2.21. The normalized spacial score (nSPS) is 13.3. The van der Waals surface area contributed by atoms with Gasteiger partial charge in [0.2, 0.25) is 0 Å². The maximum absolute atomic E-state index is 11.1. The number of rotatable bonds is 3. The van der Waals surface area contributed by atoms with Gasteiger partial charge in [0.05, 0.1) is 0 Å². The van der Waals surface area contributed by atoms with Crippen LogP contribution in [-0.4, -0.2) is 11.9 Å². The van der Waals surface area contributed by atoms with Gasteiger partial charge in [0.25, 0.3) is 0 Å². The highest BCUT2D eigenvalue weighted by Crippen LogP contribution is 2.24. The fraction of sp³-hybridized carbons (Fsp3) is 0.500. The second kappa shape index (κ2) is 4.69. The van der Waals surface area contributed by atoms with Gasteiger partial charge in [0.1, 0.15) is 11.9 Å². The van der Waals surface area contributed by atoms with E-state index in [-0.39, 0.29) is 17.3 Å². The molecule has 0 heterocycles. The Balaban J connectivity index is 2.73. The first-order chi connectivity index (χ1) is 7.30.